The molecule has 0 fully saturated rings. The molecule has 0 aliphatic heterocycles. The van der Waals surface area contributed by atoms with Crippen LogP contribution < -0.4 is 14.2 Å². The van der Waals surface area contributed by atoms with Gasteiger partial charge in [-0.15, -0.1) is 0 Å². The largest absolute Gasteiger partial charge is 0.497 e. The minimum atomic E-state index is -4.16. The number of carbonyl (C=O) groups is 1. The second-order valence-electron chi connectivity index (χ2n) is 6.75. The average Bonchev–Trinajstić information content (AvgIpc) is 2.75. The van der Waals surface area contributed by atoms with Crippen molar-refractivity contribution in [3.05, 3.63) is 77.9 Å². The van der Waals surface area contributed by atoms with Gasteiger partial charge in [0.2, 0.25) is 0 Å². The van der Waals surface area contributed by atoms with Crippen LogP contribution in [-0.4, -0.2) is 35.0 Å². The van der Waals surface area contributed by atoms with Gasteiger partial charge >= 0.3 is 5.97 Å². The number of rotatable bonds is 8. The SMILES string of the molecule is COc1ccc(NS(=O)(=O)c2ccc(C)c(NS(=O)(=O)c3cccc(C(=O)O)c3)c2)cc1. The van der Waals surface area contributed by atoms with E-state index in [0.717, 1.165) is 6.07 Å². The number of carboxylic acid groups (broad SMARTS) is 1. The van der Waals surface area contributed by atoms with Crippen molar-refractivity contribution in [3.63, 3.8) is 0 Å². The van der Waals surface area contributed by atoms with Crippen molar-refractivity contribution in [2.24, 2.45) is 0 Å². The molecule has 0 spiro atoms. The Bertz CT molecular complexity index is 1370. The Morgan fingerprint density at radius 3 is 2.09 bits per heavy atom. The highest BCUT2D eigenvalue weighted by Gasteiger charge is 2.20. The summed E-state index contributed by atoms with van der Waals surface area (Å²) in [7, 11) is -6.68. The smallest absolute Gasteiger partial charge is 0.335 e. The van der Waals surface area contributed by atoms with Crippen molar-refractivity contribution in [2.75, 3.05) is 16.6 Å². The van der Waals surface area contributed by atoms with Gasteiger partial charge in [-0.2, -0.15) is 0 Å². The lowest BCUT2D eigenvalue weighted by Crippen LogP contribution is -2.16. The number of aryl methyl sites for hydroxylation is 1. The van der Waals surface area contributed by atoms with Crippen molar-refractivity contribution in [1.82, 2.24) is 0 Å². The highest BCUT2D eigenvalue weighted by molar-refractivity contribution is 7.93. The van der Waals surface area contributed by atoms with E-state index >= 15 is 0 Å². The van der Waals surface area contributed by atoms with Crippen LogP contribution in [0.3, 0.4) is 0 Å². The number of nitrogens with one attached hydrogen (secondary N) is 2. The predicted molar refractivity (Wildman–Crippen MR) is 119 cm³/mol. The molecule has 0 saturated carbocycles. The zero-order valence-corrected chi connectivity index (χ0v) is 18.7. The Kier molecular flexibility index (Phi) is 6.42. The molecule has 3 rings (SSSR count). The van der Waals surface area contributed by atoms with E-state index in [1.165, 1.54) is 55.6 Å². The van der Waals surface area contributed by atoms with Crippen LogP contribution in [0.4, 0.5) is 11.4 Å². The summed E-state index contributed by atoms with van der Waals surface area (Å²) in [6.45, 7) is 1.61. The third-order valence-electron chi connectivity index (χ3n) is 4.50. The molecule has 0 heterocycles. The van der Waals surface area contributed by atoms with E-state index < -0.39 is 26.0 Å². The molecule has 168 valence electrons. The maximum absolute atomic E-state index is 12.8. The molecule has 9 nitrogen and oxygen atoms in total. The van der Waals surface area contributed by atoms with Crippen LogP contribution in [0.25, 0.3) is 0 Å². The summed E-state index contributed by atoms with van der Waals surface area (Å²) in [5.41, 5.74) is 0.637. The summed E-state index contributed by atoms with van der Waals surface area (Å²) in [6.07, 6.45) is 0. The minimum absolute atomic E-state index is 0.0448. The molecular weight excluding hydrogens is 456 g/mol. The zero-order chi connectivity index (χ0) is 23.5. The molecule has 0 aliphatic rings. The number of hydrogen-bond donors (Lipinski definition) is 3. The van der Waals surface area contributed by atoms with Crippen LogP contribution >= 0.6 is 0 Å². The number of sulfonamides is 2. The third-order valence-corrected chi connectivity index (χ3v) is 7.24. The minimum Gasteiger partial charge on any atom is -0.497 e. The molecule has 0 unspecified atom stereocenters. The van der Waals surface area contributed by atoms with Gasteiger partial charge in [-0.05, 0) is 67.1 Å². The van der Waals surface area contributed by atoms with Crippen LogP contribution in [-0.2, 0) is 20.0 Å². The summed E-state index contributed by atoms with van der Waals surface area (Å²) < 4.78 is 60.9. The maximum Gasteiger partial charge on any atom is 0.335 e. The second kappa shape index (κ2) is 8.89. The lowest BCUT2D eigenvalue weighted by molar-refractivity contribution is 0.0696. The van der Waals surface area contributed by atoms with Gasteiger partial charge in [-0.3, -0.25) is 9.44 Å². The van der Waals surface area contributed by atoms with Gasteiger partial charge in [-0.1, -0.05) is 12.1 Å². The van der Waals surface area contributed by atoms with Gasteiger partial charge in [0.25, 0.3) is 20.0 Å². The number of benzene rings is 3. The summed E-state index contributed by atoms with van der Waals surface area (Å²) in [4.78, 5) is 10.7. The van der Waals surface area contributed by atoms with Gasteiger partial charge < -0.3 is 9.84 Å². The molecule has 3 aromatic rings. The van der Waals surface area contributed by atoms with E-state index in [2.05, 4.69) is 9.44 Å². The summed E-state index contributed by atoms with van der Waals surface area (Å²) in [5.74, 6) is -0.706. The standard InChI is InChI=1S/C21H20N2O7S2/c1-14-6-11-19(31(26,27)22-16-7-9-17(30-2)10-8-16)13-20(14)23-32(28,29)18-5-3-4-15(12-18)21(24)25/h3-13,22-23H,1-2H3,(H,24,25). The topological polar surface area (TPSA) is 139 Å². The molecule has 0 saturated heterocycles. The first-order valence-corrected chi connectivity index (χ1v) is 12.1. The quantitative estimate of drug-likeness (QED) is 0.453. The molecule has 0 aromatic heterocycles. The Morgan fingerprint density at radius 1 is 0.844 bits per heavy atom. The average molecular weight is 477 g/mol. The fourth-order valence-corrected chi connectivity index (χ4v) is 5.00. The van der Waals surface area contributed by atoms with E-state index in [4.69, 9.17) is 9.84 Å². The monoisotopic (exact) mass is 476 g/mol. The molecule has 0 atom stereocenters. The van der Waals surface area contributed by atoms with Crippen molar-refractivity contribution in [1.29, 1.82) is 0 Å². The van der Waals surface area contributed by atoms with Gasteiger partial charge in [-0.25, -0.2) is 21.6 Å². The number of methoxy groups -OCH3 is 1. The number of carboxylic acids is 1. The fraction of sp³-hybridized carbons (Fsp3) is 0.0952. The molecule has 32 heavy (non-hydrogen) atoms. The van der Waals surface area contributed by atoms with E-state index in [9.17, 15) is 21.6 Å². The first kappa shape index (κ1) is 23.1. The Hall–Kier alpha value is -3.57. The van der Waals surface area contributed by atoms with Gasteiger partial charge in [0.1, 0.15) is 5.75 Å². The lowest BCUT2D eigenvalue weighted by Gasteiger charge is -2.14. The second-order valence-corrected chi connectivity index (χ2v) is 10.1. The van der Waals surface area contributed by atoms with Crippen LogP contribution in [0.15, 0.2) is 76.5 Å². The van der Waals surface area contributed by atoms with Crippen LogP contribution in [0.1, 0.15) is 15.9 Å². The zero-order valence-electron chi connectivity index (χ0n) is 17.1. The van der Waals surface area contributed by atoms with Gasteiger partial charge in [0.05, 0.1) is 28.2 Å². The Morgan fingerprint density at radius 2 is 1.47 bits per heavy atom. The molecule has 0 bridgehead atoms. The van der Waals surface area contributed by atoms with Crippen molar-refractivity contribution >= 4 is 37.4 Å². The lowest BCUT2D eigenvalue weighted by atomic mass is 10.2. The Labute approximate surface area is 185 Å². The molecule has 3 aromatic carbocycles. The van der Waals surface area contributed by atoms with Crippen molar-refractivity contribution in [2.45, 2.75) is 16.7 Å². The molecule has 11 heteroatoms. The molecule has 0 radical (unpaired) electrons. The number of anilines is 2. The summed E-state index contributed by atoms with van der Waals surface area (Å²) in [6, 6.07) is 15.1. The van der Waals surface area contributed by atoms with Crippen LogP contribution in [0.5, 0.6) is 5.75 Å². The summed E-state index contributed by atoms with van der Waals surface area (Å²) in [5, 5.41) is 9.09. The van der Waals surface area contributed by atoms with E-state index in [-0.39, 0.29) is 21.0 Å². The van der Waals surface area contributed by atoms with Crippen molar-refractivity contribution < 1.29 is 31.5 Å². The molecule has 3 N–H and O–H groups in total. The van der Waals surface area contributed by atoms with E-state index in [0.29, 0.717) is 17.0 Å². The maximum atomic E-state index is 12.8. The molecule has 0 aliphatic carbocycles. The number of hydrogen-bond acceptors (Lipinski definition) is 6. The van der Waals surface area contributed by atoms with Crippen molar-refractivity contribution in [3.8, 4) is 5.75 Å². The Balaban J connectivity index is 1.91. The highest BCUT2D eigenvalue weighted by Crippen LogP contribution is 2.26. The number of ether oxygens (including phenoxy) is 1. The van der Waals surface area contributed by atoms with E-state index in [1.54, 1.807) is 19.1 Å². The molecule has 0 amide bonds. The summed E-state index contributed by atoms with van der Waals surface area (Å²) >= 11 is 0. The van der Waals surface area contributed by atoms with E-state index in [1.807, 2.05) is 0 Å². The van der Waals surface area contributed by atoms with Gasteiger partial charge in [0, 0.05) is 5.69 Å². The number of aromatic carboxylic acids is 1. The molecular formula is C21H20N2O7S2. The van der Waals surface area contributed by atoms with Gasteiger partial charge in [0.15, 0.2) is 0 Å². The third kappa shape index (κ3) is 5.18. The predicted octanol–water partition coefficient (Wildman–Crippen LogP) is 3.30. The normalized spacial score (nSPS) is 11.6. The highest BCUT2D eigenvalue weighted by atomic mass is 32.2. The van der Waals surface area contributed by atoms with Crippen LogP contribution in [0.2, 0.25) is 0 Å². The fourth-order valence-electron chi connectivity index (χ4n) is 2.75. The first-order chi connectivity index (χ1) is 15.0. The first-order valence-electron chi connectivity index (χ1n) is 9.15. The van der Waals surface area contributed by atoms with Crippen LogP contribution in [0, 0.1) is 6.92 Å².